The maximum absolute atomic E-state index is 13.7. The average Bonchev–Trinajstić information content (AvgIpc) is 3.23. The van der Waals surface area contributed by atoms with Crippen LogP contribution in [0.2, 0.25) is 0 Å². The van der Waals surface area contributed by atoms with Crippen molar-refractivity contribution in [1.82, 2.24) is 20.0 Å². The maximum Gasteiger partial charge on any atom is 0.433 e. The number of anilines is 1. The van der Waals surface area contributed by atoms with Crippen LogP contribution in [0.4, 0.5) is 23.2 Å². The van der Waals surface area contributed by atoms with Gasteiger partial charge in [0.2, 0.25) is 0 Å². The molecule has 0 spiro atoms. The zero-order valence-corrected chi connectivity index (χ0v) is 16.8. The van der Waals surface area contributed by atoms with Crippen LogP contribution in [0.1, 0.15) is 17.1 Å². The van der Waals surface area contributed by atoms with E-state index < -0.39 is 17.7 Å². The molecule has 0 bridgehead atoms. The highest BCUT2D eigenvalue weighted by atomic mass is 19.4. The third-order valence-corrected chi connectivity index (χ3v) is 4.42. The molecular formula is C22H17F4N5O. The molecule has 0 fully saturated rings. The molecular weight excluding hydrogens is 426 g/mol. The van der Waals surface area contributed by atoms with Crippen LogP contribution in [0.3, 0.4) is 0 Å². The summed E-state index contributed by atoms with van der Waals surface area (Å²) >= 11 is 0. The summed E-state index contributed by atoms with van der Waals surface area (Å²) in [6.07, 6.45) is -2.87. The van der Waals surface area contributed by atoms with E-state index in [9.17, 15) is 17.6 Å². The Morgan fingerprint density at radius 1 is 1.03 bits per heavy atom. The highest BCUT2D eigenvalue weighted by Crippen LogP contribution is 2.30. The van der Waals surface area contributed by atoms with Crippen molar-refractivity contribution >= 4 is 5.69 Å². The van der Waals surface area contributed by atoms with Gasteiger partial charge < -0.3 is 10.1 Å². The molecule has 2 aromatic carbocycles. The van der Waals surface area contributed by atoms with Gasteiger partial charge in [0.05, 0.1) is 18.4 Å². The minimum Gasteiger partial charge on any atom is -0.454 e. The first kappa shape index (κ1) is 21.3. The van der Waals surface area contributed by atoms with Gasteiger partial charge in [0, 0.05) is 11.4 Å². The third kappa shape index (κ3) is 5.02. The van der Waals surface area contributed by atoms with Crippen molar-refractivity contribution < 1.29 is 22.3 Å². The standard InChI is InChI=1S/C22H17F4N5O/c1-14-10-15(11-21(28-14)22(24,25)26)27-12-16-13-31(30-29-16)17-6-8-18(9-7-17)32-20-5-3-2-4-19(20)23/h2-11,13H,12H2,1H3,(H,27,28). The summed E-state index contributed by atoms with van der Waals surface area (Å²) < 4.78 is 59.5. The predicted octanol–water partition coefficient (Wildman–Crippen LogP) is 5.53. The Kier molecular flexibility index (Phi) is 5.76. The monoisotopic (exact) mass is 443 g/mol. The van der Waals surface area contributed by atoms with Crippen LogP contribution in [-0.2, 0) is 12.7 Å². The van der Waals surface area contributed by atoms with E-state index in [2.05, 4.69) is 20.6 Å². The number of pyridine rings is 1. The van der Waals surface area contributed by atoms with Crippen LogP contribution in [0.25, 0.3) is 5.69 Å². The van der Waals surface area contributed by atoms with Gasteiger partial charge in [0.1, 0.15) is 17.1 Å². The van der Waals surface area contributed by atoms with Crippen LogP contribution in [-0.4, -0.2) is 20.0 Å². The van der Waals surface area contributed by atoms with E-state index in [0.29, 0.717) is 17.1 Å². The third-order valence-electron chi connectivity index (χ3n) is 4.42. The largest absolute Gasteiger partial charge is 0.454 e. The molecule has 2 heterocycles. The Balaban J connectivity index is 1.42. The maximum atomic E-state index is 13.7. The van der Waals surface area contributed by atoms with Crippen LogP contribution in [0.5, 0.6) is 11.5 Å². The van der Waals surface area contributed by atoms with Crippen molar-refractivity contribution in [2.45, 2.75) is 19.6 Å². The van der Waals surface area contributed by atoms with E-state index in [1.54, 1.807) is 42.6 Å². The topological polar surface area (TPSA) is 64.9 Å². The first-order chi connectivity index (χ1) is 15.3. The molecule has 0 aliphatic heterocycles. The van der Waals surface area contributed by atoms with Gasteiger partial charge in [-0.25, -0.2) is 14.1 Å². The van der Waals surface area contributed by atoms with Crippen LogP contribution in [0.15, 0.2) is 66.9 Å². The lowest BCUT2D eigenvalue weighted by Crippen LogP contribution is -2.10. The molecule has 2 aromatic heterocycles. The quantitative estimate of drug-likeness (QED) is 0.397. The number of hydrogen-bond acceptors (Lipinski definition) is 5. The smallest absolute Gasteiger partial charge is 0.433 e. The molecule has 0 aliphatic rings. The van der Waals surface area contributed by atoms with E-state index >= 15 is 0 Å². The summed E-state index contributed by atoms with van der Waals surface area (Å²) in [4.78, 5) is 3.51. The zero-order valence-electron chi connectivity index (χ0n) is 16.8. The molecule has 32 heavy (non-hydrogen) atoms. The summed E-state index contributed by atoms with van der Waals surface area (Å²) in [7, 11) is 0. The summed E-state index contributed by atoms with van der Waals surface area (Å²) in [6, 6.07) is 15.4. The van der Waals surface area contributed by atoms with Crippen LogP contribution >= 0.6 is 0 Å². The van der Waals surface area contributed by atoms with Crippen molar-refractivity contribution in [2.75, 3.05) is 5.32 Å². The van der Waals surface area contributed by atoms with Gasteiger partial charge >= 0.3 is 6.18 Å². The Hall–Kier alpha value is -3.95. The Bertz CT molecular complexity index is 1220. The first-order valence-electron chi connectivity index (χ1n) is 9.52. The predicted molar refractivity (Wildman–Crippen MR) is 109 cm³/mol. The second-order valence-corrected chi connectivity index (χ2v) is 6.91. The summed E-state index contributed by atoms with van der Waals surface area (Å²) in [5.74, 6) is 0.112. The molecule has 6 nitrogen and oxygen atoms in total. The molecule has 0 atom stereocenters. The molecule has 0 radical (unpaired) electrons. The summed E-state index contributed by atoms with van der Waals surface area (Å²) in [5.41, 5.74) is 0.794. The van der Waals surface area contributed by atoms with Crippen molar-refractivity contribution in [3.8, 4) is 17.2 Å². The molecule has 0 saturated carbocycles. The normalized spacial score (nSPS) is 11.4. The SMILES string of the molecule is Cc1cc(NCc2cn(-c3ccc(Oc4ccccc4F)cc3)nn2)cc(C(F)(F)F)n1. The fourth-order valence-electron chi connectivity index (χ4n) is 2.94. The Morgan fingerprint density at radius 3 is 2.50 bits per heavy atom. The van der Waals surface area contributed by atoms with Gasteiger partial charge in [0.25, 0.3) is 0 Å². The van der Waals surface area contributed by atoms with Crippen molar-refractivity contribution in [3.63, 3.8) is 0 Å². The lowest BCUT2D eigenvalue weighted by molar-refractivity contribution is -0.141. The number of aromatic nitrogens is 4. The van der Waals surface area contributed by atoms with Crippen LogP contribution < -0.4 is 10.1 Å². The first-order valence-corrected chi connectivity index (χ1v) is 9.52. The number of halogens is 4. The van der Waals surface area contributed by atoms with E-state index in [0.717, 1.165) is 6.07 Å². The molecule has 164 valence electrons. The molecule has 1 N–H and O–H groups in total. The van der Waals surface area contributed by atoms with Gasteiger partial charge in [0.15, 0.2) is 11.6 Å². The molecule has 4 rings (SSSR count). The van der Waals surface area contributed by atoms with Gasteiger partial charge in [-0.3, -0.25) is 0 Å². The number of benzene rings is 2. The minimum absolute atomic E-state index is 0.120. The number of para-hydroxylation sites is 1. The van der Waals surface area contributed by atoms with E-state index in [1.807, 2.05) is 0 Å². The van der Waals surface area contributed by atoms with Gasteiger partial charge in [-0.15, -0.1) is 5.10 Å². The fourth-order valence-corrected chi connectivity index (χ4v) is 2.94. The second kappa shape index (κ2) is 8.66. The minimum atomic E-state index is -4.52. The van der Waals surface area contributed by atoms with Crippen molar-refractivity contribution in [1.29, 1.82) is 0 Å². The number of hydrogen-bond donors (Lipinski definition) is 1. The number of nitrogens with zero attached hydrogens (tertiary/aromatic N) is 4. The summed E-state index contributed by atoms with van der Waals surface area (Å²) in [6.45, 7) is 1.67. The average molecular weight is 443 g/mol. The zero-order chi connectivity index (χ0) is 22.7. The van der Waals surface area contributed by atoms with Gasteiger partial charge in [-0.05, 0) is 55.5 Å². The second-order valence-electron chi connectivity index (χ2n) is 6.91. The number of aryl methyl sites for hydroxylation is 1. The van der Waals surface area contributed by atoms with E-state index in [4.69, 9.17) is 4.74 Å². The molecule has 0 amide bonds. The van der Waals surface area contributed by atoms with Crippen LogP contribution in [0, 0.1) is 12.7 Å². The Labute approximate surface area is 180 Å². The van der Waals surface area contributed by atoms with Crippen molar-refractivity contribution in [3.05, 3.63) is 89.8 Å². The number of rotatable bonds is 6. The Morgan fingerprint density at radius 2 is 1.78 bits per heavy atom. The number of ether oxygens (including phenoxy) is 1. The molecule has 4 aromatic rings. The lowest BCUT2D eigenvalue weighted by atomic mass is 10.2. The van der Waals surface area contributed by atoms with Gasteiger partial charge in [-0.2, -0.15) is 13.2 Å². The fraction of sp³-hybridized carbons (Fsp3) is 0.136. The molecule has 10 heteroatoms. The lowest BCUT2D eigenvalue weighted by Gasteiger charge is -2.10. The van der Waals surface area contributed by atoms with E-state index in [-0.39, 0.29) is 23.7 Å². The number of nitrogens with one attached hydrogen (secondary N) is 1. The van der Waals surface area contributed by atoms with Crippen molar-refractivity contribution in [2.24, 2.45) is 0 Å². The highest BCUT2D eigenvalue weighted by molar-refractivity contribution is 5.46. The highest BCUT2D eigenvalue weighted by Gasteiger charge is 2.33. The summed E-state index contributed by atoms with van der Waals surface area (Å²) in [5, 5.41) is 11.0. The van der Waals surface area contributed by atoms with Gasteiger partial charge in [-0.1, -0.05) is 17.3 Å². The molecule has 0 saturated heterocycles. The molecule has 0 aliphatic carbocycles. The molecule has 0 unspecified atom stereocenters. The number of alkyl halides is 3. The van der Waals surface area contributed by atoms with E-state index in [1.165, 1.54) is 29.8 Å².